The van der Waals surface area contributed by atoms with Gasteiger partial charge >= 0.3 is 0 Å². The first-order valence-corrected chi connectivity index (χ1v) is 2.66. The van der Waals surface area contributed by atoms with Crippen molar-refractivity contribution in [1.29, 1.82) is 0 Å². The molecule has 0 amide bonds. The van der Waals surface area contributed by atoms with Crippen LogP contribution in [-0.4, -0.2) is 23.4 Å². The molecule has 49 valence electrons. The van der Waals surface area contributed by atoms with Crippen LogP contribution in [0.1, 0.15) is 12.8 Å². The standard InChI is InChI=1S/C5H12NO2/c6-3-1-5(8)2-4-7/h7-8H,1-4,6H2. The molecule has 3 heteroatoms. The predicted molar refractivity (Wildman–Crippen MR) is 30.6 cm³/mol. The summed E-state index contributed by atoms with van der Waals surface area (Å²) in [6.45, 7) is 0.456. The minimum absolute atomic E-state index is 0.00579. The summed E-state index contributed by atoms with van der Waals surface area (Å²) < 4.78 is 0. The van der Waals surface area contributed by atoms with Crippen molar-refractivity contribution in [3.8, 4) is 0 Å². The fourth-order valence-electron chi connectivity index (χ4n) is 0.421. The van der Waals surface area contributed by atoms with Crippen molar-refractivity contribution in [2.45, 2.75) is 12.8 Å². The Morgan fingerprint density at radius 1 is 1.38 bits per heavy atom. The van der Waals surface area contributed by atoms with E-state index < -0.39 is 0 Å². The Morgan fingerprint density at radius 2 is 2.00 bits per heavy atom. The van der Waals surface area contributed by atoms with E-state index in [0.717, 1.165) is 0 Å². The van der Waals surface area contributed by atoms with Crippen LogP contribution >= 0.6 is 0 Å². The lowest BCUT2D eigenvalue weighted by molar-refractivity contribution is 0.213. The van der Waals surface area contributed by atoms with Crippen LogP contribution in [0.3, 0.4) is 0 Å². The Balaban J connectivity index is 2.92. The zero-order chi connectivity index (χ0) is 6.41. The lowest BCUT2D eigenvalue weighted by atomic mass is 10.2. The second-order valence-electron chi connectivity index (χ2n) is 1.58. The van der Waals surface area contributed by atoms with Crippen LogP contribution in [-0.2, 0) is 0 Å². The summed E-state index contributed by atoms with van der Waals surface area (Å²) in [6.07, 6.45) is 1.15. The molecule has 0 aromatic carbocycles. The van der Waals surface area contributed by atoms with E-state index in [9.17, 15) is 0 Å². The minimum Gasteiger partial charge on any atom is -0.396 e. The van der Waals surface area contributed by atoms with Crippen molar-refractivity contribution in [3.63, 3.8) is 0 Å². The minimum atomic E-state index is 0.00579. The molecular formula is C5H12NO2. The molecule has 4 N–H and O–H groups in total. The lowest BCUT2D eigenvalue weighted by Gasteiger charge is -2.02. The second-order valence-corrected chi connectivity index (χ2v) is 1.58. The van der Waals surface area contributed by atoms with Gasteiger partial charge in [0.25, 0.3) is 0 Å². The van der Waals surface area contributed by atoms with Crippen molar-refractivity contribution >= 4 is 0 Å². The molecule has 1 radical (unpaired) electrons. The fraction of sp³-hybridized carbons (Fsp3) is 0.800. The van der Waals surface area contributed by atoms with E-state index in [1.807, 2.05) is 0 Å². The van der Waals surface area contributed by atoms with E-state index >= 15 is 0 Å². The molecule has 8 heavy (non-hydrogen) atoms. The van der Waals surface area contributed by atoms with E-state index in [4.69, 9.17) is 15.9 Å². The van der Waals surface area contributed by atoms with Crippen LogP contribution in [0.25, 0.3) is 0 Å². The third kappa shape index (κ3) is 4.05. The zero-order valence-corrected chi connectivity index (χ0v) is 4.80. The first-order valence-electron chi connectivity index (χ1n) is 2.66. The van der Waals surface area contributed by atoms with Crippen LogP contribution in [0.4, 0.5) is 0 Å². The molecule has 0 unspecified atom stereocenters. The van der Waals surface area contributed by atoms with E-state index in [-0.39, 0.29) is 12.7 Å². The highest BCUT2D eigenvalue weighted by Crippen LogP contribution is 2.02. The monoisotopic (exact) mass is 118 g/mol. The summed E-state index contributed by atoms with van der Waals surface area (Å²) in [6, 6.07) is 0. The molecule has 0 aliphatic carbocycles. The molecule has 0 bridgehead atoms. The topological polar surface area (TPSA) is 66.5 Å². The maximum atomic E-state index is 8.73. The average Bonchev–Trinajstić information content (AvgIpc) is 1.68. The average molecular weight is 118 g/mol. The van der Waals surface area contributed by atoms with Gasteiger partial charge in [-0.3, -0.25) is 0 Å². The maximum absolute atomic E-state index is 8.73. The zero-order valence-electron chi connectivity index (χ0n) is 4.80. The predicted octanol–water partition coefficient (Wildman–Crippen LogP) is -0.378. The summed E-state index contributed by atoms with van der Waals surface area (Å²) in [5, 5.41) is 17.0. The molecule has 0 aromatic heterocycles. The number of aliphatic hydroxyl groups is 2. The summed E-state index contributed by atoms with van der Waals surface area (Å²) in [5.74, 6) is 0. The van der Waals surface area contributed by atoms with Crippen LogP contribution in [0.15, 0.2) is 0 Å². The van der Waals surface area contributed by atoms with Gasteiger partial charge < -0.3 is 15.9 Å². The second kappa shape index (κ2) is 5.03. The van der Waals surface area contributed by atoms with Crippen molar-refractivity contribution in [1.82, 2.24) is 0 Å². The van der Waals surface area contributed by atoms with E-state index in [1.165, 1.54) is 0 Å². The van der Waals surface area contributed by atoms with Gasteiger partial charge in [-0.15, -0.1) is 0 Å². The van der Waals surface area contributed by atoms with E-state index in [2.05, 4.69) is 0 Å². The van der Waals surface area contributed by atoms with Gasteiger partial charge in [-0.1, -0.05) is 0 Å². The van der Waals surface area contributed by atoms with Gasteiger partial charge in [-0.05, 0) is 13.0 Å². The largest absolute Gasteiger partial charge is 0.396 e. The van der Waals surface area contributed by atoms with Gasteiger partial charge in [-0.2, -0.15) is 0 Å². The Kier molecular flexibility index (Phi) is 4.95. The molecule has 0 heterocycles. The molecule has 0 atom stereocenters. The number of nitrogens with two attached hydrogens (primary N) is 1. The first kappa shape index (κ1) is 7.88. The number of rotatable bonds is 4. The van der Waals surface area contributed by atoms with Gasteiger partial charge in [0, 0.05) is 13.0 Å². The highest BCUT2D eigenvalue weighted by atomic mass is 16.3. The van der Waals surface area contributed by atoms with Crippen LogP contribution in [0.2, 0.25) is 0 Å². The Labute approximate surface area is 49.1 Å². The van der Waals surface area contributed by atoms with Gasteiger partial charge in [0.2, 0.25) is 0 Å². The van der Waals surface area contributed by atoms with Crippen LogP contribution in [0, 0.1) is 6.10 Å². The van der Waals surface area contributed by atoms with Gasteiger partial charge in [0.15, 0.2) is 0 Å². The quantitative estimate of drug-likeness (QED) is 0.471. The normalized spacial score (nSPS) is 10.5. The number of aliphatic hydroxyl groups excluding tert-OH is 2. The van der Waals surface area contributed by atoms with Crippen molar-refractivity contribution < 1.29 is 10.2 Å². The van der Waals surface area contributed by atoms with Gasteiger partial charge in [0.1, 0.15) is 0 Å². The van der Waals surface area contributed by atoms with Gasteiger partial charge in [-0.25, -0.2) is 0 Å². The molecule has 0 aliphatic rings. The molecule has 0 rings (SSSR count). The van der Waals surface area contributed by atoms with Crippen LogP contribution in [0.5, 0.6) is 0 Å². The van der Waals surface area contributed by atoms with E-state index in [0.29, 0.717) is 19.4 Å². The van der Waals surface area contributed by atoms with Gasteiger partial charge in [0.05, 0.1) is 6.10 Å². The lowest BCUT2D eigenvalue weighted by Crippen LogP contribution is -2.07. The molecule has 0 saturated heterocycles. The Hall–Kier alpha value is -0.120. The van der Waals surface area contributed by atoms with Crippen molar-refractivity contribution in [3.05, 3.63) is 6.10 Å². The maximum Gasteiger partial charge on any atom is 0.0968 e. The molecule has 0 aromatic rings. The smallest absolute Gasteiger partial charge is 0.0968 e. The van der Waals surface area contributed by atoms with Crippen molar-refractivity contribution in [2.75, 3.05) is 13.2 Å². The molecule has 3 nitrogen and oxygen atoms in total. The fourth-order valence-corrected chi connectivity index (χ4v) is 0.421. The summed E-state index contributed by atoms with van der Waals surface area (Å²) >= 11 is 0. The third-order valence-electron chi connectivity index (χ3n) is 0.833. The van der Waals surface area contributed by atoms with Crippen molar-refractivity contribution in [2.24, 2.45) is 5.73 Å². The Morgan fingerprint density at radius 3 is 2.38 bits per heavy atom. The highest BCUT2D eigenvalue weighted by Gasteiger charge is 2.00. The number of hydrogen-bond donors (Lipinski definition) is 3. The molecule has 0 spiro atoms. The Bertz CT molecular complexity index is 43.7. The SMILES string of the molecule is NCC[C](O)CCO. The number of hydrogen-bond acceptors (Lipinski definition) is 3. The summed E-state index contributed by atoms with van der Waals surface area (Å²) in [7, 11) is 0. The summed E-state index contributed by atoms with van der Waals surface area (Å²) in [4.78, 5) is 0. The molecular weight excluding hydrogens is 106 g/mol. The first-order chi connectivity index (χ1) is 3.81. The summed E-state index contributed by atoms with van der Waals surface area (Å²) in [5.41, 5.74) is 5.10. The van der Waals surface area contributed by atoms with Crippen LogP contribution < -0.4 is 5.73 Å². The molecule has 0 saturated carbocycles. The van der Waals surface area contributed by atoms with E-state index in [1.54, 1.807) is 0 Å². The third-order valence-corrected chi connectivity index (χ3v) is 0.833. The molecule has 0 fully saturated rings. The molecule has 0 aliphatic heterocycles. The highest BCUT2D eigenvalue weighted by molar-refractivity contribution is 4.74.